The number of rotatable bonds is 2. The third-order valence-electron chi connectivity index (χ3n) is 3.47. The van der Waals surface area contributed by atoms with Crippen molar-refractivity contribution in [3.63, 3.8) is 0 Å². The van der Waals surface area contributed by atoms with Crippen LogP contribution in [0.3, 0.4) is 0 Å². The first-order valence-electron chi connectivity index (χ1n) is 6.00. The standard InChI is InChI=1S/C14H15N3/c15-13-8-12(10-2-1-3-10)9-17-14(13)11-4-6-16-7-5-11/h4-10H,1-3,15H2. The van der Waals surface area contributed by atoms with Gasteiger partial charge in [0.25, 0.3) is 0 Å². The predicted octanol–water partition coefficient (Wildman–Crippen LogP) is 2.99. The van der Waals surface area contributed by atoms with Crippen molar-refractivity contribution in [3.8, 4) is 11.3 Å². The molecule has 0 amide bonds. The van der Waals surface area contributed by atoms with E-state index in [1.54, 1.807) is 12.4 Å². The van der Waals surface area contributed by atoms with Crippen LogP contribution in [0.15, 0.2) is 36.8 Å². The monoisotopic (exact) mass is 225 g/mol. The van der Waals surface area contributed by atoms with E-state index in [0.29, 0.717) is 5.92 Å². The highest BCUT2D eigenvalue weighted by molar-refractivity contribution is 5.72. The maximum absolute atomic E-state index is 6.09. The van der Waals surface area contributed by atoms with Crippen molar-refractivity contribution in [2.24, 2.45) is 0 Å². The van der Waals surface area contributed by atoms with Crippen molar-refractivity contribution in [1.29, 1.82) is 0 Å². The highest BCUT2D eigenvalue weighted by Gasteiger charge is 2.20. The van der Waals surface area contributed by atoms with E-state index in [1.807, 2.05) is 18.3 Å². The van der Waals surface area contributed by atoms with Gasteiger partial charge in [0, 0.05) is 24.2 Å². The fourth-order valence-electron chi connectivity index (χ4n) is 2.21. The predicted molar refractivity (Wildman–Crippen MR) is 68.5 cm³/mol. The Morgan fingerprint density at radius 3 is 2.53 bits per heavy atom. The van der Waals surface area contributed by atoms with Crippen LogP contribution in [0.1, 0.15) is 30.7 Å². The van der Waals surface area contributed by atoms with E-state index in [9.17, 15) is 0 Å². The zero-order valence-electron chi connectivity index (χ0n) is 9.63. The summed E-state index contributed by atoms with van der Waals surface area (Å²) >= 11 is 0. The fourth-order valence-corrected chi connectivity index (χ4v) is 2.21. The Morgan fingerprint density at radius 1 is 1.18 bits per heavy atom. The maximum atomic E-state index is 6.09. The van der Waals surface area contributed by atoms with Gasteiger partial charge in [-0.15, -0.1) is 0 Å². The Balaban J connectivity index is 1.96. The topological polar surface area (TPSA) is 51.8 Å². The molecule has 1 aliphatic carbocycles. The second-order valence-corrected chi connectivity index (χ2v) is 4.57. The Hall–Kier alpha value is -1.90. The lowest BCUT2D eigenvalue weighted by atomic mass is 9.80. The molecule has 0 unspecified atom stereocenters. The zero-order chi connectivity index (χ0) is 11.7. The number of aromatic nitrogens is 2. The number of nitrogens with two attached hydrogens (primary N) is 1. The second-order valence-electron chi connectivity index (χ2n) is 4.57. The smallest absolute Gasteiger partial charge is 0.0932 e. The highest BCUT2D eigenvalue weighted by atomic mass is 14.7. The molecule has 17 heavy (non-hydrogen) atoms. The summed E-state index contributed by atoms with van der Waals surface area (Å²) in [6.45, 7) is 0. The van der Waals surface area contributed by atoms with Crippen LogP contribution in [0.4, 0.5) is 5.69 Å². The van der Waals surface area contributed by atoms with Crippen LogP contribution in [0.25, 0.3) is 11.3 Å². The molecule has 2 aromatic rings. The Kier molecular flexibility index (Phi) is 2.52. The number of hydrogen-bond donors (Lipinski definition) is 1. The minimum atomic E-state index is 0.677. The van der Waals surface area contributed by atoms with Crippen molar-refractivity contribution < 1.29 is 0 Å². The van der Waals surface area contributed by atoms with Gasteiger partial charge in [-0.3, -0.25) is 9.97 Å². The molecule has 0 aromatic carbocycles. The van der Waals surface area contributed by atoms with Crippen LogP contribution in [0.5, 0.6) is 0 Å². The van der Waals surface area contributed by atoms with Crippen LogP contribution >= 0.6 is 0 Å². The molecular weight excluding hydrogens is 210 g/mol. The quantitative estimate of drug-likeness (QED) is 0.854. The lowest BCUT2D eigenvalue weighted by molar-refractivity contribution is 0.419. The molecular formula is C14H15N3. The lowest BCUT2D eigenvalue weighted by Gasteiger charge is -2.25. The molecule has 0 spiro atoms. The van der Waals surface area contributed by atoms with E-state index in [0.717, 1.165) is 16.9 Å². The zero-order valence-corrected chi connectivity index (χ0v) is 9.63. The molecule has 0 saturated heterocycles. The summed E-state index contributed by atoms with van der Waals surface area (Å²) in [5.41, 5.74) is 10.0. The van der Waals surface area contributed by atoms with Crippen molar-refractivity contribution in [2.75, 3.05) is 5.73 Å². The van der Waals surface area contributed by atoms with E-state index in [4.69, 9.17) is 5.73 Å². The molecule has 2 aromatic heterocycles. The summed E-state index contributed by atoms with van der Waals surface area (Å²) in [5, 5.41) is 0. The molecule has 2 heterocycles. The van der Waals surface area contributed by atoms with Crippen LogP contribution < -0.4 is 5.73 Å². The van der Waals surface area contributed by atoms with Gasteiger partial charge >= 0.3 is 0 Å². The first-order valence-corrected chi connectivity index (χ1v) is 6.00. The molecule has 86 valence electrons. The first kappa shape index (κ1) is 10.3. The van der Waals surface area contributed by atoms with Gasteiger partial charge in [0.15, 0.2) is 0 Å². The Morgan fingerprint density at radius 2 is 1.94 bits per heavy atom. The lowest BCUT2D eigenvalue weighted by Crippen LogP contribution is -2.10. The van der Waals surface area contributed by atoms with E-state index >= 15 is 0 Å². The van der Waals surface area contributed by atoms with Crippen LogP contribution in [0.2, 0.25) is 0 Å². The van der Waals surface area contributed by atoms with Gasteiger partial charge in [-0.1, -0.05) is 6.42 Å². The molecule has 2 N–H and O–H groups in total. The SMILES string of the molecule is Nc1cc(C2CCC2)cnc1-c1ccncc1. The third-order valence-corrected chi connectivity index (χ3v) is 3.47. The number of pyridine rings is 2. The van der Waals surface area contributed by atoms with Gasteiger partial charge in [0.2, 0.25) is 0 Å². The van der Waals surface area contributed by atoms with Crippen molar-refractivity contribution in [1.82, 2.24) is 9.97 Å². The molecule has 1 fully saturated rings. The number of nitrogen functional groups attached to an aromatic ring is 1. The van der Waals surface area contributed by atoms with E-state index < -0.39 is 0 Å². The molecule has 0 atom stereocenters. The molecule has 0 aliphatic heterocycles. The minimum Gasteiger partial charge on any atom is -0.397 e. The molecule has 1 aliphatic rings. The maximum Gasteiger partial charge on any atom is 0.0932 e. The van der Waals surface area contributed by atoms with Crippen LogP contribution in [0, 0.1) is 0 Å². The normalized spacial score (nSPS) is 15.5. The molecule has 3 heteroatoms. The largest absolute Gasteiger partial charge is 0.397 e. The highest BCUT2D eigenvalue weighted by Crippen LogP contribution is 2.37. The molecule has 1 saturated carbocycles. The second kappa shape index (κ2) is 4.17. The summed E-state index contributed by atoms with van der Waals surface area (Å²) in [6.07, 6.45) is 9.37. The Bertz CT molecular complexity index is 518. The van der Waals surface area contributed by atoms with Crippen molar-refractivity contribution in [2.45, 2.75) is 25.2 Å². The van der Waals surface area contributed by atoms with E-state index in [-0.39, 0.29) is 0 Å². The minimum absolute atomic E-state index is 0.677. The summed E-state index contributed by atoms with van der Waals surface area (Å²) in [5.74, 6) is 0.677. The Labute approximate surface area is 101 Å². The summed E-state index contributed by atoms with van der Waals surface area (Å²) in [4.78, 5) is 8.50. The average molecular weight is 225 g/mol. The van der Waals surface area contributed by atoms with Gasteiger partial charge < -0.3 is 5.73 Å². The van der Waals surface area contributed by atoms with Crippen molar-refractivity contribution in [3.05, 3.63) is 42.4 Å². The average Bonchev–Trinajstić information content (AvgIpc) is 2.28. The van der Waals surface area contributed by atoms with Gasteiger partial charge in [0.1, 0.15) is 0 Å². The van der Waals surface area contributed by atoms with Gasteiger partial charge in [-0.05, 0) is 42.5 Å². The number of hydrogen-bond acceptors (Lipinski definition) is 3. The summed E-state index contributed by atoms with van der Waals surface area (Å²) in [6, 6.07) is 5.94. The number of nitrogens with zero attached hydrogens (tertiary/aromatic N) is 2. The molecule has 0 radical (unpaired) electrons. The van der Waals surface area contributed by atoms with Gasteiger partial charge in [-0.25, -0.2) is 0 Å². The van der Waals surface area contributed by atoms with Gasteiger partial charge in [-0.2, -0.15) is 0 Å². The molecule has 3 nitrogen and oxygen atoms in total. The summed E-state index contributed by atoms with van der Waals surface area (Å²) < 4.78 is 0. The molecule has 3 rings (SSSR count). The van der Waals surface area contributed by atoms with Crippen molar-refractivity contribution >= 4 is 5.69 Å². The number of anilines is 1. The fraction of sp³-hybridized carbons (Fsp3) is 0.286. The van der Waals surface area contributed by atoms with Crippen LogP contribution in [-0.2, 0) is 0 Å². The van der Waals surface area contributed by atoms with Crippen LogP contribution in [-0.4, -0.2) is 9.97 Å². The third kappa shape index (κ3) is 1.88. The first-order chi connectivity index (χ1) is 8.34. The van der Waals surface area contributed by atoms with E-state index in [1.165, 1.54) is 24.8 Å². The molecule has 0 bridgehead atoms. The van der Waals surface area contributed by atoms with Gasteiger partial charge in [0.05, 0.1) is 11.4 Å². The summed E-state index contributed by atoms with van der Waals surface area (Å²) in [7, 11) is 0. The van der Waals surface area contributed by atoms with E-state index in [2.05, 4.69) is 16.0 Å².